The van der Waals surface area contributed by atoms with Crippen molar-refractivity contribution in [3.63, 3.8) is 0 Å². The highest BCUT2D eigenvalue weighted by Gasteiger charge is 2.27. The summed E-state index contributed by atoms with van der Waals surface area (Å²) in [7, 11) is 0. The first kappa shape index (κ1) is 26.0. The second-order valence-corrected chi connectivity index (χ2v) is 10.3. The van der Waals surface area contributed by atoms with E-state index in [1.165, 1.54) is 12.1 Å². The molecule has 0 bridgehead atoms. The number of anilines is 1. The van der Waals surface area contributed by atoms with E-state index in [-0.39, 0.29) is 23.4 Å². The minimum absolute atomic E-state index is 0.0362. The second kappa shape index (κ2) is 10.3. The summed E-state index contributed by atoms with van der Waals surface area (Å²) in [6.45, 7) is 1.44. The SMILES string of the molecule is Cc1cc(-c2cnc3c(NCCC(F)(F)F)cc(Sc4cccc(F)c4F)cn23)ccc1C(=O)NC1CC1. The molecule has 0 atom stereocenters. The van der Waals surface area contributed by atoms with E-state index < -0.39 is 24.2 Å². The van der Waals surface area contributed by atoms with Crippen LogP contribution in [-0.4, -0.2) is 34.1 Å². The van der Waals surface area contributed by atoms with E-state index in [0.29, 0.717) is 27.5 Å². The molecule has 11 heteroatoms. The Morgan fingerprint density at radius 1 is 1.16 bits per heavy atom. The zero-order valence-corrected chi connectivity index (χ0v) is 21.0. The van der Waals surface area contributed by atoms with Crippen LogP contribution in [0.5, 0.6) is 0 Å². The number of amides is 1. The largest absolute Gasteiger partial charge is 0.390 e. The van der Waals surface area contributed by atoms with Crippen LogP contribution in [0.25, 0.3) is 16.9 Å². The fraction of sp³-hybridized carbons (Fsp3) is 0.259. The number of carbonyl (C=O) groups excluding carboxylic acids is 1. The van der Waals surface area contributed by atoms with E-state index in [2.05, 4.69) is 15.6 Å². The van der Waals surface area contributed by atoms with Crippen LogP contribution in [0.1, 0.15) is 35.2 Å². The Balaban J connectivity index is 1.53. The molecule has 0 spiro atoms. The average Bonchev–Trinajstić information content (AvgIpc) is 3.56. The zero-order chi connectivity index (χ0) is 27.0. The number of hydrogen-bond donors (Lipinski definition) is 2. The number of nitrogens with zero attached hydrogens (tertiary/aromatic N) is 2. The Labute approximate surface area is 219 Å². The molecule has 1 saturated carbocycles. The quantitative estimate of drug-likeness (QED) is 0.234. The summed E-state index contributed by atoms with van der Waals surface area (Å²) >= 11 is 0.946. The first-order valence-electron chi connectivity index (χ1n) is 11.9. The van der Waals surface area contributed by atoms with Gasteiger partial charge < -0.3 is 10.6 Å². The van der Waals surface area contributed by atoms with Crippen molar-refractivity contribution in [3.05, 3.63) is 77.6 Å². The Kier molecular flexibility index (Phi) is 7.04. The number of aromatic nitrogens is 2. The van der Waals surface area contributed by atoms with Gasteiger partial charge in [-0.2, -0.15) is 13.2 Å². The molecule has 1 aliphatic carbocycles. The van der Waals surface area contributed by atoms with Gasteiger partial charge in [-0.05, 0) is 55.7 Å². The maximum Gasteiger partial charge on any atom is 0.390 e. The Morgan fingerprint density at radius 2 is 1.95 bits per heavy atom. The van der Waals surface area contributed by atoms with Gasteiger partial charge in [0, 0.05) is 34.8 Å². The molecule has 2 aromatic carbocycles. The lowest BCUT2D eigenvalue weighted by molar-refractivity contribution is -0.131. The average molecular weight is 547 g/mol. The molecule has 5 nitrogen and oxygen atoms in total. The van der Waals surface area contributed by atoms with Crippen molar-refractivity contribution in [1.29, 1.82) is 0 Å². The third kappa shape index (κ3) is 5.77. The molecular weight excluding hydrogens is 523 g/mol. The highest BCUT2D eigenvalue weighted by molar-refractivity contribution is 7.99. The summed E-state index contributed by atoms with van der Waals surface area (Å²) < 4.78 is 68.2. The van der Waals surface area contributed by atoms with Crippen molar-refractivity contribution in [1.82, 2.24) is 14.7 Å². The maximum atomic E-state index is 14.4. The van der Waals surface area contributed by atoms with Gasteiger partial charge in [-0.25, -0.2) is 13.8 Å². The van der Waals surface area contributed by atoms with Gasteiger partial charge in [0.05, 0.1) is 28.9 Å². The molecule has 38 heavy (non-hydrogen) atoms. The first-order valence-corrected chi connectivity index (χ1v) is 12.8. The van der Waals surface area contributed by atoms with E-state index in [1.807, 2.05) is 13.0 Å². The fourth-order valence-corrected chi connectivity index (χ4v) is 4.98. The number of imidazole rings is 1. The molecule has 1 fully saturated rings. The number of alkyl halides is 3. The molecule has 4 aromatic rings. The van der Waals surface area contributed by atoms with Crippen LogP contribution in [0.2, 0.25) is 0 Å². The van der Waals surface area contributed by atoms with Gasteiger partial charge in [-0.15, -0.1) is 0 Å². The highest BCUT2D eigenvalue weighted by atomic mass is 32.2. The number of fused-ring (bicyclic) bond motifs is 1. The molecule has 0 saturated heterocycles. The van der Waals surface area contributed by atoms with Crippen LogP contribution in [0.3, 0.4) is 0 Å². The summed E-state index contributed by atoms with van der Waals surface area (Å²) in [5.74, 6) is -2.14. The molecule has 198 valence electrons. The summed E-state index contributed by atoms with van der Waals surface area (Å²) in [4.78, 5) is 17.5. The number of rotatable bonds is 8. The number of hydrogen-bond acceptors (Lipinski definition) is 4. The topological polar surface area (TPSA) is 58.4 Å². The van der Waals surface area contributed by atoms with E-state index in [4.69, 9.17) is 0 Å². The van der Waals surface area contributed by atoms with E-state index in [9.17, 15) is 26.7 Å². The molecule has 2 N–H and O–H groups in total. The van der Waals surface area contributed by atoms with Crippen LogP contribution >= 0.6 is 11.8 Å². The molecule has 1 aliphatic rings. The second-order valence-electron chi connectivity index (χ2n) is 9.15. The monoisotopic (exact) mass is 546 g/mol. The predicted octanol–water partition coefficient (Wildman–Crippen LogP) is 7.00. The Morgan fingerprint density at radius 3 is 2.66 bits per heavy atom. The number of benzene rings is 2. The number of pyridine rings is 1. The van der Waals surface area contributed by atoms with Gasteiger partial charge in [0.25, 0.3) is 5.91 Å². The Bertz CT molecular complexity index is 1510. The summed E-state index contributed by atoms with van der Waals surface area (Å²) in [6.07, 6.45) is -0.184. The fourth-order valence-electron chi connectivity index (χ4n) is 4.06. The van der Waals surface area contributed by atoms with Crippen LogP contribution in [0.4, 0.5) is 27.6 Å². The summed E-state index contributed by atoms with van der Waals surface area (Å²) in [6, 6.07) is 11.0. The van der Waals surface area contributed by atoms with Crippen LogP contribution in [-0.2, 0) is 0 Å². The minimum atomic E-state index is -4.34. The third-order valence-corrected chi connectivity index (χ3v) is 7.12. The number of aryl methyl sites for hydroxylation is 1. The van der Waals surface area contributed by atoms with Gasteiger partial charge in [0.15, 0.2) is 17.3 Å². The number of carbonyl (C=O) groups is 1. The lowest BCUT2D eigenvalue weighted by Crippen LogP contribution is -2.26. The lowest BCUT2D eigenvalue weighted by atomic mass is 10.0. The minimum Gasteiger partial charge on any atom is -0.382 e. The van der Waals surface area contributed by atoms with Crippen molar-refractivity contribution in [2.45, 2.75) is 48.2 Å². The molecule has 2 heterocycles. The van der Waals surface area contributed by atoms with Crippen LogP contribution in [0, 0.1) is 18.6 Å². The lowest BCUT2D eigenvalue weighted by Gasteiger charge is -2.14. The number of halogens is 5. The third-order valence-electron chi connectivity index (χ3n) is 6.13. The molecular formula is C27H23F5N4OS. The normalized spacial score (nSPS) is 13.6. The van der Waals surface area contributed by atoms with Gasteiger partial charge in [0.2, 0.25) is 0 Å². The zero-order valence-electron chi connectivity index (χ0n) is 20.2. The van der Waals surface area contributed by atoms with Gasteiger partial charge >= 0.3 is 6.18 Å². The molecule has 0 aliphatic heterocycles. The van der Waals surface area contributed by atoms with E-state index in [0.717, 1.165) is 41.8 Å². The van der Waals surface area contributed by atoms with Gasteiger partial charge in [-0.3, -0.25) is 9.20 Å². The van der Waals surface area contributed by atoms with Crippen molar-refractivity contribution in [3.8, 4) is 11.3 Å². The smallest absolute Gasteiger partial charge is 0.382 e. The van der Waals surface area contributed by atoms with E-state index >= 15 is 0 Å². The number of nitrogens with one attached hydrogen (secondary N) is 2. The standard InChI is InChI=1S/C27H23F5N4OS/c1-15-11-16(5-8-19(15)26(37)35-17-6-7-17)22-13-34-25-21(33-10-9-27(30,31)32)12-18(14-36(22)25)38-23-4-2-3-20(28)24(23)29/h2-5,8,11-14,17,33H,6-7,9-10H2,1H3,(H,35,37). The predicted molar refractivity (Wildman–Crippen MR) is 135 cm³/mol. The summed E-state index contributed by atoms with van der Waals surface area (Å²) in [5.41, 5.74) is 3.36. The van der Waals surface area contributed by atoms with Gasteiger partial charge in [-0.1, -0.05) is 23.9 Å². The summed E-state index contributed by atoms with van der Waals surface area (Å²) in [5, 5.41) is 5.75. The van der Waals surface area contributed by atoms with Crippen LogP contribution in [0.15, 0.2) is 64.6 Å². The van der Waals surface area contributed by atoms with Crippen molar-refractivity contribution >= 4 is 29.0 Å². The Hall–Kier alpha value is -3.60. The molecule has 1 amide bonds. The molecule has 2 aromatic heterocycles. The van der Waals surface area contributed by atoms with Crippen molar-refractivity contribution < 1.29 is 26.7 Å². The maximum absolute atomic E-state index is 14.4. The first-order chi connectivity index (χ1) is 18.1. The molecule has 5 rings (SSSR count). The van der Waals surface area contributed by atoms with E-state index in [1.54, 1.807) is 35.0 Å². The highest BCUT2D eigenvalue weighted by Crippen LogP contribution is 2.35. The van der Waals surface area contributed by atoms with Gasteiger partial charge in [0.1, 0.15) is 0 Å². The molecule has 0 unspecified atom stereocenters. The van der Waals surface area contributed by atoms with Crippen molar-refractivity contribution in [2.75, 3.05) is 11.9 Å². The molecule has 0 radical (unpaired) electrons. The van der Waals surface area contributed by atoms with Crippen LogP contribution < -0.4 is 10.6 Å². The van der Waals surface area contributed by atoms with Crippen molar-refractivity contribution in [2.24, 2.45) is 0 Å².